The first-order chi connectivity index (χ1) is 14.6. The number of nitrogens with zero attached hydrogens (tertiary/aromatic N) is 3. The monoisotopic (exact) mass is 406 g/mol. The zero-order valence-corrected chi connectivity index (χ0v) is 16.6. The highest BCUT2D eigenvalue weighted by molar-refractivity contribution is 5.93. The van der Waals surface area contributed by atoms with Gasteiger partial charge in [-0.1, -0.05) is 18.2 Å². The molecule has 4 rings (SSSR count). The number of hydrogen-bond acceptors (Lipinski definition) is 4. The molecule has 0 unspecified atom stereocenters. The summed E-state index contributed by atoms with van der Waals surface area (Å²) >= 11 is 0. The molecule has 0 spiro atoms. The maximum atomic E-state index is 12.9. The van der Waals surface area contributed by atoms with Crippen molar-refractivity contribution in [1.29, 1.82) is 0 Å². The maximum absolute atomic E-state index is 12.9. The van der Waals surface area contributed by atoms with Crippen molar-refractivity contribution < 1.29 is 14.0 Å². The molecule has 1 aliphatic rings. The fourth-order valence-corrected chi connectivity index (χ4v) is 3.55. The van der Waals surface area contributed by atoms with Crippen LogP contribution in [-0.2, 0) is 9.59 Å². The van der Waals surface area contributed by atoms with E-state index in [0.717, 1.165) is 16.7 Å². The zero-order valence-electron chi connectivity index (χ0n) is 16.6. The number of fused-ring (bicyclic) bond motifs is 1. The van der Waals surface area contributed by atoms with Gasteiger partial charge < -0.3 is 15.1 Å². The molecule has 7 heteroatoms. The molecule has 0 bridgehead atoms. The lowest BCUT2D eigenvalue weighted by Gasteiger charge is -2.35. The average Bonchev–Trinajstić information content (AvgIpc) is 2.79. The van der Waals surface area contributed by atoms with E-state index in [2.05, 4.69) is 16.3 Å². The number of rotatable bonds is 5. The van der Waals surface area contributed by atoms with Crippen molar-refractivity contribution in [3.63, 3.8) is 0 Å². The Morgan fingerprint density at radius 1 is 0.900 bits per heavy atom. The van der Waals surface area contributed by atoms with Crippen LogP contribution in [0, 0.1) is 5.82 Å². The molecule has 30 heavy (non-hydrogen) atoms. The second-order valence-electron chi connectivity index (χ2n) is 7.29. The molecule has 0 radical (unpaired) electrons. The third-order valence-electron chi connectivity index (χ3n) is 5.23. The van der Waals surface area contributed by atoms with Gasteiger partial charge in [-0.2, -0.15) is 0 Å². The molecule has 0 aliphatic carbocycles. The molecule has 2 amide bonds. The Hall–Kier alpha value is -3.48. The van der Waals surface area contributed by atoms with E-state index >= 15 is 0 Å². The minimum absolute atomic E-state index is 0.0321. The van der Waals surface area contributed by atoms with E-state index in [-0.39, 0.29) is 30.5 Å². The summed E-state index contributed by atoms with van der Waals surface area (Å²) < 4.78 is 12.9. The molecule has 1 fully saturated rings. The third-order valence-corrected chi connectivity index (χ3v) is 5.23. The van der Waals surface area contributed by atoms with Crippen LogP contribution in [0.4, 0.5) is 15.9 Å². The predicted molar refractivity (Wildman–Crippen MR) is 115 cm³/mol. The van der Waals surface area contributed by atoms with Gasteiger partial charge in [-0.25, -0.2) is 9.37 Å². The quantitative estimate of drug-likeness (QED) is 0.705. The van der Waals surface area contributed by atoms with E-state index in [0.29, 0.717) is 31.9 Å². The molecule has 0 atom stereocenters. The van der Waals surface area contributed by atoms with Gasteiger partial charge in [0.25, 0.3) is 0 Å². The Bertz CT molecular complexity index is 1050. The zero-order chi connectivity index (χ0) is 20.9. The van der Waals surface area contributed by atoms with Gasteiger partial charge in [-0.15, -0.1) is 0 Å². The lowest BCUT2D eigenvalue weighted by molar-refractivity contribution is -0.133. The average molecular weight is 406 g/mol. The molecule has 1 N–H and O–H groups in total. The topological polar surface area (TPSA) is 65.5 Å². The summed E-state index contributed by atoms with van der Waals surface area (Å²) in [7, 11) is 0. The summed E-state index contributed by atoms with van der Waals surface area (Å²) in [4.78, 5) is 33.2. The Morgan fingerprint density at radius 3 is 2.40 bits per heavy atom. The van der Waals surface area contributed by atoms with Gasteiger partial charge in [0.05, 0.1) is 5.52 Å². The van der Waals surface area contributed by atoms with Crippen LogP contribution in [0.5, 0.6) is 0 Å². The first-order valence-electron chi connectivity index (χ1n) is 10.0. The summed E-state index contributed by atoms with van der Waals surface area (Å²) in [6.45, 7) is 2.62. The molecule has 3 aromatic rings. The number of halogens is 1. The predicted octanol–water partition coefficient (Wildman–Crippen LogP) is 3.44. The van der Waals surface area contributed by atoms with E-state index in [1.165, 1.54) is 24.3 Å². The Kier molecular flexibility index (Phi) is 5.88. The minimum Gasteiger partial charge on any atom is -0.353 e. The van der Waals surface area contributed by atoms with E-state index in [4.69, 9.17) is 4.98 Å². The van der Waals surface area contributed by atoms with E-state index < -0.39 is 0 Å². The summed E-state index contributed by atoms with van der Waals surface area (Å²) in [5, 5.41) is 3.78. The number of pyridine rings is 1. The number of hydrogen-bond donors (Lipinski definition) is 1. The number of benzene rings is 2. The van der Waals surface area contributed by atoms with Gasteiger partial charge in [0.1, 0.15) is 11.6 Å². The summed E-state index contributed by atoms with van der Waals surface area (Å²) in [6.07, 6.45) is 0.254. The van der Waals surface area contributed by atoms with Crippen LogP contribution >= 0.6 is 0 Å². The number of para-hydroxylation sites is 1. The van der Waals surface area contributed by atoms with E-state index in [1.807, 2.05) is 30.3 Å². The SMILES string of the molecule is O=C(CCC(=O)N1CCN(c2ccc3ccccc3n2)CC1)Nc1ccc(F)cc1. The van der Waals surface area contributed by atoms with Gasteiger partial charge >= 0.3 is 0 Å². The molecule has 1 aliphatic heterocycles. The molecule has 6 nitrogen and oxygen atoms in total. The molecule has 1 aromatic heterocycles. The standard InChI is InChI=1S/C23H23FN4O2/c24-18-6-8-19(9-7-18)25-22(29)11-12-23(30)28-15-13-27(14-16-28)21-10-5-17-3-1-2-4-20(17)26-21/h1-10H,11-16H2,(H,25,29). The van der Waals surface area contributed by atoms with Crippen LogP contribution in [0.3, 0.4) is 0 Å². The van der Waals surface area contributed by atoms with Crippen LogP contribution in [0.15, 0.2) is 60.7 Å². The first kappa shape index (κ1) is 19.8. The molecule has 2 heterocycles. The van der Waals surface area contributed by atoms with Crippen LogP contribution < -0.4 is 10.2 Å². The number of carbonyl (C=O) groups excluding carboxylic acids is 2. The fraction of sp³-hybridized carbons (Fsp3) is 0.261. The summed E-state index contributed by atoms with van der Waals surface area (Å²) in [5.41, 5.74) is 1.48. The van der Waals surface area contributed by atoms with Crippen molar-refractivity contribution in [2.45, 2.75) is 12.8 Å². The van der Waals surface area contributed by atoms with Crippen molar-refractivity contribution in [2.75, 3.05) is 36.4 Å². The largest absolute Gasteiger partial charge is 0.353 e. The molecule has 0 saturated carbocycles. The van der Waals surface area contributed by atoms with Crippen molar-refractivity contribution in [1.82, 2.24) is 9.88 Å². The number of anilines is 2. The maximum Gasteiger partial charge on any atom is 0.224 e. The highest BCUT2D eigenvalue weighted by Gasteiger charge is 2.22. The molecule has 1 saturated heterocycles. The van der Waals surface area contributed by atoms with Crippen molar-refractivity contribution in [3.8, 4) is 0 Å². The van der Waals surface area contributed by atoms with Crippen molar-refractivity contribution in [3.05, 3.63) is 66.5 Å². The van der Waals surface area contributed by atoms with E-state index in [9.17, 15) is 14.0 Å². The fourth-order valence-electron chi connectivity index (χ4n) is 3.55. The van der Waals surface area contributed by atoms with Crippen LogP contribution in [0.2, 0.25) is 0 Å². The highest BCUT2D eigenvalue weighted by Crippen LogP contribution is 2.19. The lowest BCUT2D eigenvalue weighted by Crippen LogP contribution is -2.49. The number of aromatic nitrogens is 1. The number of carbonyl (C=O) groups is 2. The molecule has 2 aromatic carbocycles. The third kappa shape index (κ3) is 4.74. The van der Waals surface area contributed by atoms with Gasteiger partial charge in [-0.3, -0.25) is 9.59 Å². The summed E-state index contributed by atoms with van der Waals surface area (Å²) in [6, 6.07) is 17.6. The first-order valence-corrected chi connectivity index (χ1v) is 10.0. The summed E-state index contributed by atoms with van der Waals surface area (Å²) in [5.74, 6) is 0.269. The van der Waals surface area contributed by atoms with Crippen LogP contribution in [0.1, 0.15) is 12.8 Å². The normalized spacial score (nSPS) is 14.0. The Morgan fingerprint density at radius 2 is 1.63 bits per heavy atom. The molecular weight excluding hydrogens is 383 g/mol. The number of nitrogens with one attached hydrogen (secondary N) is 1. The lowest BCUT2D eigenvalue weighted by atomic mass is 10.2. The second-order valence-corrected chi connectivity index (χ2v) is 7.29. The Balaban J connectivity index is 1.25. The molecular formula is C23H23FN4O2. The van der Waals surface area contributed by atoms with Crippen LogP contribution in [-0.4, -0.2) is 47.9 Å². The minimum atomic E-state index is -0.360. The van der Waals surface area contributed by atoms with E-state index in [1.54, 1.807) is 4.90 Å². The smallest absolute Gasteiger partial charge is 0.224 e. The van der Waals surface area contributed by atoms with Crippen LogP contribution in [0.25, 0.3) is 10.9 Å². The van der Waals surface area contributed by atoms with Gasteiger partial charge in [0.15, 0.2) is 0 Å². The number of piperazine rings is 1. The van der Waals surface area contributed by atoms with Gasteiger partial charge in [0, 0.05) is 50.1 Å². The highest BCUT2D eigenvalue weighted by atomic mass is 19.1. The number of amides is 2. The van der Waals surface area contributed by atoms with Crippen molar-refractivity contribution >= 4 is 34.2 Å². The molecule has 154 valence electrons. The van der Waals surface area contributed by atoms with Gasteiger partial charge in [0.2, 0.25) is 11.8 Å². The van der Waals surface area contributed by atoms with Crippen molar-refractivity contribution in [2.24, 2.45) is 0 Å². The van der Waals surface area contributed by atoms with Gasteiger partial charge in [-0.05, 0) is 42.5 Å². The second kappa shape index (κ2) is 8.90. The Labute approximate surface area is 174 Å².